The Bertz CT molecular complexity index is 38.9. The second-order valence-corrected chi connectivity index (χ2v) is 0.305. The molecule has 5 nitrogen and oxygen atoms in total. The number of rotatable bonds is 1. The first-order valence-corrected chi connectivity index (χ1v) is 0.730. The molecule has 0 aromatic rings. The summed E-state index contributed by atoms with van der Waals surface area (Å²) in [5.74, 6) is 0. The van der Waals surface area contributed by atoms with Gasteiger partial charge in [-0.15, -0.1) is 15.1 Å². The molecule has 0 aromatic carbocycles. The Morgan fingerprint density at radius 3 is 2.20 bits per heavy atom. The zero-order valence-corrected chi connectivity index (χ0v) is 2.12. The molecule has 0 amide bonds. The van der Waals surface area contributed by atoms with Gasteiger partial charge in [-0.3, -0.25) is 0 Å². The lowest BCUT2D eigenvalue weighted by atomic mass is 13.1. The summed E-state index contributed by atoms with van der Waals surface area (Å²) in [6, 6.07) is 0. The third kappa shape index (κ3) is 3.16. The maximum atomic E-state index is 8.70. The van der Waals surface area contributed by atoms with Crippen molar-refractivity contribution in [1.29, 1.82) is 0 Å². The van der Waals surface area contributed by atoms with Crippen molar-refractivity contribution >= 4 is 0 Å². The molecule has 0 radical (unpaired) electrons. The highest BCUT2D eigenvalue weighted by Crippen LogP contribution is 1.56. The van der Waals surface area contributed by atoms with Crippen molar-refractivity contribution in [2.45, 2.75) is 0 Å². The monoisotopic (exact) mass is 79.0 g/mol. The average Bonchev–Trinajstić information content (AvgIpc) is 1.38. The Morgan fingerprint density at radius 2 is 2.20 bits per heavy atom. The van der Waals surface area contributed by atoms with Crippen LogP contribution in [0.25, 0.3) is 0 Å². The van der Waals surface area contributed by atoms with E-state index in [9.17, 15) is 0 Å². The van der Waals surface area contributed by atoms with Gasteiger partial charge in [0.2, 0.25) is 0 Å². The standard InChI is InChI=1S/HNO4/c2-1(3)5-4/h4H. The minimum atomic E-state index is -1.32. The van der Waals surface area contributed by atoms with E-state index in [-0.39, 0.29) is 0 Å². The molecular weight excluding hydrogens is 78.0 g/mol. The van der Waals surface area contributed by atoms with Crippen LogP contribution in [-0.4, -0.2) is 10.3 Å². The summed E-state index contributed by atoms with van der Waals surface area (Å²) in [6.07, 6.45) is 0. The molecule has 0 aliphatic heterocycles. The van der Waals surface area contributed by atoms with Crippen molar-refractivity contribution < 1.29 is 15.3 Å². The van der Waals surface area contributed by atoms with E-state index in [4.69, 9.17) is 15.4 Å². The highest BCUT2D eigenvalue weighted by atomic mass is 17.3. The van der Waals surface area contributed by atoms with Crippen LogP contribution in [0.3, 0.4) is 0 Å². The Hall–Kier alpha value is -0.840. The van der Waals surface area contributed by atoms with Gasteiger partial charge in [0.15, 0.2) is 0 Å². The molecule has 0 saturated heterocycles. The maximum Gasteiger partial charge on any atom is 0.322 e. The van der Waals surface area contributed by atoms with Crippen molar-refractivity contribution in [3.63, 3.8) is 0 Å². The lowest BCUT2D eigenvalue weighted by Gasteiger charge is -1.72. The number of hydrogen-bond donors (Lipinski definition) is 1. The molecule has 0 spiro atoms. The molecule has 0 heterocycles. The molecule has 0 fully saturated rings. The summed E-state index contributed by atoms with van der Waals surface area (Å²) in [4.78, 5) is 11.2. The summed E-state index contributed by atoms with van der Waals surface area (Å²) >= 11 is 0. The third-order valence-corrected chi connectivity index (χ3v) is 0.0667. The molecule has 0 unspecified atom stereocenters. The summed E-state index contributed by atoms with van der Waals surface area (Å²) in [6.45, 7) is 0. The molecular formula is HNO4. The molecule has 0 rings (SSSR count). The zero-order chi connectivity index (χ0) is 4.28. The Balaban J connectivity index is 2.85. The fourth-order valence-corrected chi connectivity index (χ4v) is 0. The molecule has 0 bridgehead atoms. The van der Waals surface area contributed by atoms with Gasteiger partial charge in [0.25, 0.3) is 0 Å². The van der Waals surface area contributed by atoms with Gasteiger partial charge in [-0.25, -0.2) is 5.26 Å². The largest absolute Gasteiger partial charge is 0.322 e. The molecule has 0 aliphatic rings. The van der Waals surface area contributed by atoms with Crippen LogP contribution in [0.1, 0.15) is 0 Å². The first kappa shape index (κ1) is 4.16. The fourth-order valence-electron chi connectivity index (χ4n) is 0. The predicted molar refractivity (Wildman–Crippen MR) is 10.7 cm³/mol. The molecule has 0 atom stereocenters. The molecule has 5 heteroatoms. The van der Waals surface area contributed by atoms with Crippen LogP contribution in [0.2, 0.25) is 0 Å². The minimum absolute atomic E-state index is 1.32. The third-order valence-electron chi connectivity index (χ3n) is 0.0667. The summed E-state index contributed by atoms with van der Waals surface area (Å²) in [5, 5.41) is 14.3. The highest BCUT2D eigenvalue weighted by Gasteiger charge is 1.80. The zero-order valence-electron chi connectivity index (χ0n) is 2.12. The molecule has 5 heavy (non-hydrogen) atoms. The normalized spacial score (nSPS) is 6.60. The maximum absolute atomic E-state index is 8.70. The van der Waals surface area contributed by atoms with Crippen LogP contribution in [0.4, 0.5) is 0 Å². The Morgan fingerprint density at radius 1 is 2.00 bits per heavy atom. The minimum Gasteiger partial charge on any atom is -0.214 e. The quantitative estimate of drug-likeness (QED) is 0.265. The van der Waals surface area contributed by atoms with Crippen LogP contribution in [-0.2, 0) is 4.99 Å². The van der Waals surface area contributed by atoms with Crippen molar-refractivity contribution in [3.05, 3.63) is 10.1 Å². The Labute approximate surface area is 26.8 Å². The van der Waals surface area contributed by atoms with E-state index in [2.05, 4.69) is 4.99 Å². The molecule has 0 aliphatic carbocycles. The predicted octanol–water partition coefficient (Wildman–Crippen LogP) is -0.332. The van der Waals surface area contributed by atoms with E-state index in [1.165, 1.54) is 0 Å². The van der Waals surface area contributed by atoms with Crippen molar-refractivity contribution in [3.8, 4) is 0 Å². The van der Waals surface area contributed by atoms with Gasteiger partial charge in [-0.05, 0) is 0 Å². The summed E-state index contributed by atoms with van der Waals surface area (Å²) in [7, 11) is 0. The second-order valence-electron chi connectivity index (χ2n) is 0.305. The topological polar surface area (TPSA) is 72.6 Å². The van der Waals surface area contributed by atoms with E-state index < -0.39 is 5.09 Å². The van der Waals surface area contributed by atoms with Crippen LogP contribution in [0.5, 0.6) is 0 Å². The molecule has 30 valence electrons. The number of nitrogens with zero attached hydrogens (tertiary/aromatic N) is 1. The van der Waals surface area contributed by atoms with Gasteiger partial charge in [0.05, 0.1) is 0 Å². The smallest absolute Gasteiger partial charge is 0.214 e. The van der Waals surface area contributed by atoms with Gasteiger partial charge in [-0.2, -0.15) is 0 Å². The van der Waals surface area contributed by atoms with E-state index in [0.717, 1.165) is 0 Å². The van der Waals surface area contributed by atoms with Crippen molar-refractivity contribution in [1.82, 2.24) is 0 Å². The van der Waals surface area contributed by atoms with E-state index in [1.54, 1.807) is 0 Å². The van der Waals surface area contributed by atoms with Gasteiger partial charge >= 0.3 is 5.09 Å². The van der Waals surface area contributed by atoms with Crippen LogP contribution < -0.4 is 0 Å². The first-order valence-electron chi connectivity index (χ1n) is 0.730. The van der Waals surface area contributed by atoms with E-state index in [0.29, 0.717) is 0 Å². The van der Waals surface area contributed by atoms with Crippen LogP contribution in [0, 0.1) is 10.1 Å². The van der Waals surface area contributed by atoms with Crippen molar-refractivity contribution in [2.75, 3.05) is 0 Å². The van der Waals surface area contributed by atoms with Gasteiger partial charge in [0, 0.05) is 0 Å². The lowest BCUT2D eigenvalue weighted by molar-refractivity contribution is -0.846. The van der Waals surface area contributed by atoms with Crippen LogP contribution >= 0.6 is 0 Å². The van der Waals surface area contributed by atoms with E-state index in [1.807, 2.05) is 0 Å². The molecule has 0 aromatic heterocycles. The average molecular weight is 79.0 g/mol. The molecule has 0 saturated carbocycles. The first-order chi connectivity index (χ1) is 2.27. The summed E-state index contributed by atoms with van der Waals surface area (Å²) in [5.41, 5.74) is 0. The van der Waals surface area contributed by atoms with Gasteiger partial charge < -0.3 is 0 Å². The fraction of sp³-hybridized carbons (Fsp3) is 0. The van der Waals surface area contributed by atoms with Gasteiger partial charge in [0.1, 0.15) is 0 Å². The second kappa shape index (κ2) is 1.48. The highest BCUT2D eigenvalue weighted by molar-refractivity contribution is 3.84. The lowest BCUT2D eigenvalue weighted by Crippen LogP contribution is -1.92. The number of hydrogen-bond acceptors (Lipinski definition) is 4. The Kier molecular flexibility index (Phi) is 1.23. The molecule has 1 N–H and O–H groups in total. The van der Waals surface area contributed by atoms with E-state index >= 15 is 0 Å². The van der Waals surface area contributed by atoms with Gasteiger partial charge in [-0.1, -0.05) is 0 Å². The SMILES string of the molecule is O=[N+]([O-])OO. The summed E-state index contributed by atoms with van der Waals surface area (Å²) < 4.78 is 0. The van der Waals surface area contributed by atoms with Crippen LogP contribution in [0.15, 0.2) is 0 Å². The van der Waals surface area contributed by atoms with Crippen molar-refractivity contribution in [2.24, 2.45) is 0 Å².